The highest BCUT2D eigenvalue weighted by Gasteiger charge is 2.30. The van der Waals surface area contributed by atoms with Crippen LogP contribution in [0.15, 0.2) is 53.6 Å². The summed E-state index contributed by atoms with van der Waals surface area (Å²) in [7, 11) is -2.12. The first-order valence-corrected chi connectivity index (χ1v) is 13.1. The number of aromatic amines is 1. The second-order valence-corrected chi connectivity index (χ2v) is 10.9. The summed E-state index contributed by atoms with van der Waals surface area (Å²) < 4.78 is 32.2. The van der Waals surface area contributed by atoms with Gasteiger partial charge in [-0.1, -0.05) is 0 Å². The van der Waals surface area contributed by atoms with Crippen LogP contribution in [-0.2, 0) is 14.8 Å². The van der Waals surface area contributed by atoms with E-state index >= 15 is 0 Å². The fourth-order valence-electron chi connectivity index (χ4n) is 4.90. The maximum Gasteiger partial charge on any atom is 0.253 e. The van der Waals surface area contributed by atoms with Gasteiger partial charge in [-0.05, 0) is 66.8 Å². The Kier molecular flexibility index (Phi) is 6.24. The standard InChI is InChI=1S/C25H28N4O5S/c1-34-19-4-7-23-21(14-19)22(15-27-23)17-8-11-28(12-9-17)25(31)18-2-5-20(6-3-18)35(32,33)29-13-10-26-24(30)16-29/h2-7,14-15,17,27H,8-13,16H2,1H3,(H,26,30). The molecule has 184 valence electrons. The molecule has 2 N–H and O–H groups in total. The van der Waals surface area contributed by atoms with Gasteiger partial charge >= 0.3 is 0 Å². The van der Waals surface area contributed by atoms with E-state index in [0.29, 0.717) is 24.6 Å². The summed E-state index contributed by atoms with van der Waals surface area (Å²) in [6.45, 7) is 1.58. The molecule has 0 aliphatic carbocycles. The van der Waals surface area contributed by atoms with Crippen LogP contribution < -0.4 is 10.1 Å². The second kappa shape index (κ2) is 9.35. The molecular weight excluding hydrogens is 468 g/mol. The average Bonchev–Trinajstić information content (AvgIpc) is 3.31. The molecule has 2 aliphatic rings. The number of methoxy groups -OCH3 is 1. The number of carbonyl (C=O) groups is 2. The summed E-state index contributed by atoms with van der Waals surface area (Å²) >= 11 is 0. The van der Waals surface area contributed by atoms with E-state index in [4.69, 9.17) is 4.74 Å². The summed E-state index contributed by atoms with van der Waals surface area (Å²) in [5.41, 5.74) is 2.77. The van der Waals surface area contributed by atoms with Gasteiger partial charge in [-0.3, -0.25) is 9.59 Å². The van der Waals surface area contributed by atoms with Gasteiger partial charge in [-0.15, -0.1) is 0 Å². The van der Waals surface area contributed by atoms with Crippen molar-refractivity contribution in [2.45, 2.75) is 23.7 Å². The molecule has 9 nitrogen and oxygen atoms in total. The molecule has 2 aromatic carbocycles. The van der Waals surface area contributed by atoms with Crippen molar-refractivity contribution in [1.29, 1.82) is 0 Å². The monoisotopic (exact) mass is 496 g/mol. The number of H-pyrrole nitrogens is 1. The van der Waals surface area contributed by atoms with Gasteiger partial charge in [0.05, 0.1) is 18.6 Å². The van der Waals surface area contributed by atoms with E-state index in [1.807, 2.05) is 23.1 Å². The lowest BCUT2D eigenvalue weighted by molar-refractivity contribution is -0.122. The first kappa shape index (κ1) is 23.4. The fourth-order valence-corrected chi connectivity index (χ4v) is 6.30. The van der Waals surface area contributed by atoms with Crippen LogP contribution in [0.1, 0.15) is 34.7 Å². The third-order valence-corrected chi connectivity index (χ3v) is 8.74. The highest BCUT2D eigenvalue weighted by molar-refractivity contribution is 7.89. The Labute approximate surface area is 204 Å². The van der Waals surface area contributed by atoms with E-state index in [9.17, 15) is 18.0 Å². The molecule has 3 aromatic rings. The number of nitrogens with zero attached hydrogens (tertiary/aromatic N) is 2. The largest absolute Gasteiger partial charge is 0.497 e. The molecular formula is C25H28N4O5S. The van der Waals surface area contributed by atoms with E-state index in [1.165, 1.54) is 17.7 Å². The summed E-state index contributed by atoms with van der Waals surface area (Å²) in [6.07, 6.45) is 3.75. The maximum atomic E-state index is 13.1. The van der Waals surface area contributed by atoms with Crippen LogP contribution in [0, 0.1) is 0 Å². The number of amides is 2. The summed E-state index contributed by atoms with van der Waals surface area (Å²) in [5.74, 6) is 0.737. The number of piperazine rings is 1. The van der Waals surface area contributed by atoms with Crippen molar-refractivity contribution < 1.29 is 22.7 Å². The number of ether oxygens (including phenoxy) is 1. The Morgan fingerprint density at radius 2 is 1.80 bits per heavy atom. The zero-order valence-corrected chi connectivity index (χ0v) is 20.3. The quantitative estimate of drug-likeness (QED) is 0.563. The number of carbonyl (C=O) groups excluding carboxylic acids is 2. The predicted octanol–water partition coefficient (Wildman–Crippen LogP) is 2.32. The summed E-state index contributed by atoms with van der Waals surface area (Å²) in [4.78, 5) is 29.9. The van der Waals surface area contributed by atoms with E-state index < -0.39 is 10.0 Å². The number of benzene rings is 2. The molecule has 0 unspecified atom stereocenters. The number of piperidine rings is 1. The highest BCUT2D eigenvalue weighted by Crippen LogP contribution is 2.35. The van der Waals surface area contributed by atoms with E-state index in [0.717, 1.165) is 33.8 Å². The molecule has 2 saturated heterocycles. The van der Waals surface area contributed by atoms with Gasteiger partial charge in [-0.2, -0.15) is 4.31 Å². The SMILES string of the molecule is COc1ccc2[nH]cc(C3CCN(C(=O)c4ccc(S(=O)(=O)N5CCNC(=O)C5)cc4)CC3)c2c1. The zero-order chi connectivity index (χ0) is 24.6. The van der Waals surface area contributed by atoms with E-state index in [-0.39, 0.29) is 36.3 Å². The number of hydrogen-bond donors (Lipinski definition) is 2. The average molecular weight is 497 g/mol. The van der Waals surface area contributed by atoms with Crippen molar-refractivity contribution >= 4 is 32.7 Å². The number of sulfonamides is 1. The maximum absolute atomic E-state index is 13.1. The predicted molar refractivity (Wildman–Crippen MR) is 131 cm³/mol. The molecule has 0 radical (unpaired) electrons. The minimum Gasteiger partial charge on any atom is -0.497 e. The van der Waals surface area contributed by atoms with Crippen LogP contribution >= 0.6 is 0 Å². The van der Waals surface area contributed by atoms with Gasteiger partial charge in [-0.25, -0.2) is 8.42 Å². The van der Waals surface area contributed by atoms with Crippen molar-refractivity contribution in [3.05, 3.63) is 59.8 Å². The number of fused-ring (bicyclic) bond motifs is 1. The van der Waals surface area contributed by atoms with Crippen LogP contribution in [0.3, 0.4) is 0 Å². The van der Waals surface area contributed by atoms with E-state index in [2.05, 4.69) is 16.5 Å². The molecule has 10 heteroatoms. The van der Waals surface area contributed by atoms with Gasteiger partial charge in [0.15, 0.2) is 0 Å². The Bertz CT molecular complexity index is 1360. The van der Waals surface area contributed by atoms with Crippen LogP contribution in [0.5, 0.6) is 5.75 Å². The smallest absolute Gasteiger partial charge is 0.253 e. The Hall–Kier alpha value is -3.37. The molecule has 2 fully saturated rings. The molecule has 0 bridgehead atoms. The third kappa shape index (κ3) is 4.51. The van der Waals surface area contributed by atoms with Crippen molar-refractivity contribution in [1.82, 2.24) is 19.5 Å². The second-order valence-electron chi connectivity index (χ2n) is 8.93. The summed E-state index contributed by atoms with van der Waals surface area (Å²) in [6, 6.07) is 12.0. The van der Waals surface area contributed by atoms with Crippen molar-refractivity contribution in [2.24, 2.45) is 0 Å². The van der Waals surface area contributed by atoms with Crippen molar-refractivity contribution in [2.75, 3.05) is 39.8 Å². The lowest BCUT2D eigenvalue weighted by Crippen LogP contribution is -2.49. The minimum absolute atomic E-state index is 0.0808. The summed E-state index contributed by atoms with van der Waals surface area (Å²) in [5, 5.41) is 3.77. The van der Waals surface area contributed by atoms with Crippen LogP contribution in [-0.4, -0.2) is 74.3 Å². The zero-order valence-electron chi connectivity index (χ0n) is 19.5. The Balaban J connectivity index is 1.25. The van der Waals surface area contributed by atoms with Crippen LogP contribution in [0.2, 0.25) is 0 Å². The first-order valence-electron chi connectivity index (χ1n) is 11.7. The first-order chi connectivity index (χ1) is 16.9. The highest BCUT2D eigenvalue weighted by atomic mass is 32.2. The normalized spacial score (nSPS) is 18.0. The molecule has 1 aromatic heterocycles. The van der Waals surface area contributed by atoms with Gasteiger partial charge in [0.1, 0.15) is 5.75 Å². The number of likely N-dealkylation sites (tertiary alicyclic amines) is 1. The molecule has 3 heterocycles. The lowest BCUT2D eigenvalue weighted by atomic mass is 9.89. The van der Waals surface area contributed by atoms with Gasteiger partial charge in [0.25, 0.3) is 5.91 Å². The van der Waals surface area contributed by atoms with Crippen LogP contribution in [0.25, 0.3) is 10.9 Å². The molecule has 0 spiro atoms. The lowest BCUT2D eigenvalue weighted by Gasteiger charge is -2.32. The number of rotatable bonds is 5. The number of aromatic nitrogens is 1. The van der Waals surface area contributed by atoms with Crippen molar-refractivity contribution in [3.8, 4) is 5.75 Å². The number of hydrogen-bond acceptors (Lipinski definition) is 5. The van der Waals surface area contributed by atoms with Gasteiger partial charge in [0.2, 0.25) is 15.9 Å². The third-order valence-electron chi connectivity index (χ3n) is 6.89. The van der Waals surface area contributed by atoms with Crippen LogP contribution in [0.4, 0.5) is 0 Å². The molecule has 2 amide bonds. The van der Waals surface area contributed by atoms with E-state index in [1.54, 1.807) is 19.2 Å². The topological polar surface area (TPSA) is 112 Å². The molecule has 35 heavy (non-hydrogen) atoms. The van der Waals surface area contributed by atoms with Gasteiger partial charge in [0, 0.05) is 48.8 Å². The Morgan fingerprint density at radius 1 is 1.06 bits per heavy atom. The Morgan fingerprint density at radius 3 is 2.49 bits per heavy atom. The molecule has 0 atom stereocenters. The molecule has 2 aliphatic heterocycles. The van der Waals surface area contributed by atoms with Crippen molar-refractivity contribution in [3.63, 3.8) is 0 Å². The molecule has 5 rings (SSSR count). The fraction of sp³-hybridized carbons (Fsp3) is 0.360. The molecule has 0 saturated carbocycles. The number of nitrogens with one attached hydrogen (secondary N) is 2. The minimum atomic E-state index is -3.78. The van der Waals surface area contributed by atoms with Gasteiger partial charge < -0.3 is 19.9 Å².